The molecule has 0 atom stereocenters. The van der Waals surface area contributed by atoms with E-state index < -0.39 is 10.0 Å². The average molecular weight is 445 g/mol. The fraction of sp³-hybridized carbons (Fsp3) is 0.200. The molecule has 0 saturated heterocycles. The molecule has 0 bridgehead atoms. The van der Waals surface area contributed by atoms with Gasteiger partial charge in [0.05, 0.1) is 35.6 Å². The summed E-state index contributed by atoms with van der Waals surface area (Å²) in [4.78, 5) is 18.0. The molecule has 0 radical (unpaired) electrons. The molecule has 1 aliphatic rings. The number of nitrogens with one attached hydrogen (secondary N) is 1. The third-order valence-electron chi connectivity index (χ3n) is 4.80. The largest absolute Gasteiger partial charge is 0.497 e. The number of amides is 1. The molecular weight excluding hydrogens is 424 g/mol. The van der Waals surface area contributed by atoms with Crippen molar-refractivity contribution < 1.29 is 17.9 Å². The van der Waals surface area contributed by atoms with Gasteiger partial charge >= 0.3 is 0 Å². The molecule has 2 heterocycles. The van der Waals surface area contributed by atoms with Gasteiger partial charge in [0.25, 0.3) is 5.91 Å². The van der Waals surface area contributed by atoms with Crippen LogP contribution in [0, 0.1) is 0 Å². The highest BCUT2D eigenvalue weighted by atomic mass is 32.2. The van der Waals surface area contributed by atoms with E-state index in [0.29, 0.717) is 30.1 Å². The van der Waals surface area contributed by atoms with Gasteiger partial charge in [-0.1, -0.05) is 12.1 Å². The van der Waals surface area contributed by atoms with Crippen LogP contribution in [-0.2, 0) is 23.0 Å². The fourth-order valence-corrected chi connectivity index (χ4v) is 5.67. The summed E-state index contributed by atoms with van der Waals surface area (Å²) in [6.45, 7) is 0.486. The summed E-state index contributed by atoms with van der Waals surface area (Å²) < 4.78 is 32.5. The monoisotopic (exact) mass is 444 g/mol. The molecule has 156 valence electrons. The maximum atomic E-state index is 13.0. The lowest BCUT2D eigenvalue weighted by Gasteiger charge is -2.25. The number of rotatable bonds is 5. The Morgan fingerprint density at radius 3 is 2.63 bits per heavy atom. The summed E-state index contributed by atoms with van der Waals surface area (Å²) in [6, 6.07) is 13.3. The van der Waals surface area contributed by atoms with Crippen LogP contribution in [0.2, 0.25) is 0 Å². The van der Waals surface area contributed by atoms with Crippen LogP contribution in [0.15, 0.2) is 53.4 Å². The molecule has 1 aromatic heterocycles. The number of anilines is 2. The number of thiazole rings is 1. The highest BCUT2D eigenvalue weighted by molar-refractivity contribution is 7.89. The van der Waals surface area contributed by atoms with Gasteiger partial charge in [-0.2, -0.15) is 4.31 Å². The Hall–Kier alpha value is -2.95. The van der Waals surface area contributed by atoms with Crippen LogP contribution < -0.4 is 15.8 Å². The van der Waals surface area contributed by atoms with E-state index in [4.69, 9.17) is 10.5 Å². The van der Waals surface area contributed by atoms with Gasteiger partial charge in [-0.05, 0) is 36.4 Å². The van der Waals surface area contributed by atoms with Crippen molar-refractivity contribution in [2.45, 2.75) is 17.9 Å². The molecule has 4 rings (SSSR count). The van der Waals surface area contributed by atoms with Crippen molar-refractivity contribution in [1.82, 2.24) is 9.29 Å². The zero-order chi connectivity index (χ0) is 21.3. The highest BCUT2D eigenvalue weighted by Gasteiger charge is 2.31. The molecule has 0 saturated carbocycles. The normalized spacial score (nSPS) is 14.2. The zero-order valence-electron chi connectivity index (χ0n) is 16.2. The van der Waals surface area contributed by atoms with E-state index in [0.717, 1.165) is 10.6 Å². The maximum Gasteiger partial charge on any atom is 0.284 e. The van der Waals surface area contributed by atoms with E-state index in [9.17, 15) is 13.2 Å². The average Bonchev–Trinajstić information content (AvgIpc) is 3.19. The molecule has 10 heteroatoms. The molecule has 1 aliphatic heterocycles. The van der Waals surface area contributed by atoms with E-state index in [1.54, 1.807) is 36.4 Å². The number of methoxy groups -OCH3 is 1. The number of para-hydroxylation sites is 2. The maximum absolute atomic E-state index is 13.0. The molecule has 30 heavy (non-hydrogen) atoms. The van der Waals surface area contributed by atoms with Crippen molar-refractivity contribution in [3.8, 4) is 5.75 Å². The second kappa shape index (κ2) is 8.05. The number of fused-ring (bicyclic) bond motifs is 1. The van der Waals surface area contributed by atoms with Crippen LogP contribution in [0.1, 0.15) is 20.4 Å². The zero-order valence-corrected chi connectivity index (χ0v) is 17.8. The molecule has 3 N–H and O–H groups in total. The molecule has 0 unspecified atom stereocenters. The smallest absolute Gasteiger partial charge is 0.284 e. The Morgan fingerprint density at radius 2 is 1.93 bits per heavy atom. The molecule has 0 aliphatic carbocycles. The van der Waals surface area contributed by atoms with Gasteiger partial charge in [-0.25, -0.2) is 13.4 Å². The third kappa shape index (κ3) is 3.89. The Kier molecular flexibility index (Phi) is 5.46. The number of aromatic nitrogens is 1. The minimum atomic E-state index is -3.66. The van der Waals surface area contributed by atoms with Crippen molar-refractivity contribution in [3.05, 3.63) is 64.1 Å². The first-order valence-corrected chi connectivity index (χ1v) is 11.4. The number of hydrogen-bond acceptors (Lipinski definition) is 7. The molecule has 0 fully saturated rings. The Bertz CT molecular complexity index is 1190. The van der Waals surface area contributed by atoms with Gasteiger partial charge in [0.2, 0.25) is 10.0 Å². The summed E-state index contributed by atoms with van der Waals surface area (Å²) in [6.07, 6.45) is 0.446. The molecule has 2 aromatic carbocycles. The van der Waals surface area contributed by atoms with Crippen LogP contribution in [-0.4, -0.2) is 37.3 Å². The summed E-state index contributed by atoms with van der Waals surface area (Å²) in [7, 11) is -2.13. The van der Waals surface area contributed by atoms with Crippen molar-refractivity contribution in [3.63, 3.8) is 0 Å². The van der Waals surface area contributed by atoms with E-state index >= 15 is 0 Å². The van der Waals surface area contributed by atoms with Gasteiger partial charge in [0, 0.05) is 17.8 Å². The number of nitrogen functional groups attached to an aromatic ring is 1. The predicted octanol–water partition coefficient (Wildman–Crippen LogP) is 2.73. The van der Waals surface area contributed by atoms with Crippen molar-refractivity contribution in [1.29, 1.82) is 0 Å². The number of carbonyl (C=O) groups excluding carboxylic acids is 1. The van der Waals surface area contributed by atoms with Crippen LogP contribution in [0.4, 0.5) is 11.4 Å². The highest BCUT2D eigenvalue weighted by Crippen LogP contribution is 2.30. The summed E-state index contributed by atoms with van der Waals surface area (Å²) in [5, 5.41) is 3.04. The second-order valence-electron chi connectivity index (χ2n) is 6.69. The van der Waals surface area contributed by atoms with Gasteiger partial charge in [0.15, 0.2) is 5.01 Å². The first kappa shape index (κ1) is 20.3. The first-order valence-electron chi connectivity index (χ1n) is 9.17. The van der Waals surface area contributed by atoms with Gasteiger partial charge < -0.3 is 15.8 Å². The van der Waals surface area contributed by atoms with E-state index in [1.807, 2.05) is 0 Å². The first-order chi connectivity index (χ1) is 14.4. The molecule has 1 amide bonds. The molecule has 3 aromatic rings. The van der Waals surface area contributed by atoms with Gasteiger partial charge in [-0.3, -0.25) is 4.79 Å². The van der Waals surface area contributed by atoms with E-state index in [1.165, 1.54) is 34.9 Å². The van der Waals surface area contributed by atoms with Crippen molar-refractivity contribution >= 4 is 38.6 Å². The third-order valence-corrected chi connectivity index (χ3v) is 7.74. The molecule has 8 nitrogen and oxygen atoms in total. The minimum Gasteiger partial charge on any atom is -0.497 e. The number of sulfonamides is 1. The SMILES string of the molecule is COc1ccc(S(=O)(=O)N2CCc3nc(C(=O)Nc4ccccc4N)sc3C2)cc1. The Morgan fingerprint density at radius 1 is 1.20 bits per heavy atom. The molecular formula is C20H20N4O4S2. The Balaban J connectivity index is 1.52. The van der Waals surface area contributed by atoms with Crippen LogP contribution in [0.3, 0.4) is 0 Å². The van der Waals surface area contributed by atoms with Crippen molar-refractivity contribution in [2.75, 3.05) is 24.7 Å². The second-order valence-corrected chi connectivity index (χ2v) is 9.72. The number of ether oxygens (including phenoxy) is 1. The van der Waals surface area contributed by atoms with E-state index in [2.05, 4.69) is 10.3 Å². The minimum absolute atomic E-state index is 0.183. The topological polar surface area (TPSA) is 115 Å². The van der Waals surface area contributed by atoms with Crippen molar-refractivity contribution in [2.24, 2.45) is 0 Å². The summed E-state index contributed by atoms with van der Waals surface area (Å²) >= 11 is 1.20. The lowest BCUT2D eigenvalue weighted by Crippen LogP contribution is -2.35. The van der Waals surface area contributed by atoms with E-state index in [-0.39, 0.29) is 22.4 Å². The number of benzene rings is 2. The molecule has 0 spiro atoms. The quantitative estimate of drug-likeness (QED) is 0.585. The van der Waals surface area contributed by atoms with Crippen LogP contribution in [0.25, 0.3) is 0 Å². The van der Waals surface area contributed by atoms with Crippen LogP contribution >= 0.6 is 11.3 Å². The number of carbonyl (C=O) groups is 1. The number of hydrogen-bond donors (Lipinski definition) is 2. The standard InChI is InChI=1S/C20H20N4O4S2/c1-28-13-6-8-14(9-7-13)30(26,27)24-11-10-17-18(12-24)29-20(23-17)19(25)22-16-5-3-2-4-15(16)21/h2-9H,10-12,21H2,1H3,(H,22,25). The summed E-state index contributed by atoms with van der Waals surface area (Å²) in [5.74, 6) is 0.226. The van der Waals surface area contributed by atoms with Gasteiger partial charge in [0.1, 0.15) is 5.75 Å². The lowest BCUT2D eigenvalue weighted by molar-refractivity contribution is 0.102. The predicted molar refractivity (Wildman–Crippen MR) is 115 cm³/mol. The van der Waals surface area contributed by atoms with Gasteiger partial charge in [-0.15, -0.1) is 11.3 Å². The number of nitrogens with two attached hydrogens (primary N) is 1. The fourth-order valence-electron chi connectivity index (χ4n) is 3.16. The van der Waals surface area contributed by atoms with Crippen LogP contribution in [0.5, 0.6) is 5.75 Å². The number of nitrogens with zero attached hydrogens (tertiary/aromatic N) is 2. The Labute approximate surface area is 178 Å². The lowest BCUT2D eigenvalue weighted by atomic mass is 10.2. The summed E-state index contributed by atoms with van der Waals surface area (Å²) in [5.41, 5.74) is 7.60.